The lowest BCUT2D eigenvalue weighted by Crippen LogP contribution is -2.26. The van der Waals surface area contributed by atoms with Crippen molar-refractivity contribution in [2.75, 3.05) is 11.9 Å². The molecule has 0 unspecified atom stereocenters. The molecule has 0 saturated heterocycles. The van der Waals surface area contributed by atoms with Gasteiger partial charge in [0, 0.05) is 17.5 Å². The molecule has 282 valence electrons. The summed E-state index contributed by atoms with van der Waals surface area (Å²) in [5.41, 5.74) is 8.60. The van der Waals surface area contributed by atoms with E-state index in [1.807, 2.05) is 105 Å². The van der Waals surface area contributed by atoms with Crippen LogP contribution in [0.1, 0.15) is 56.3 Å². The monoisotopic (exact) mass is 745 g/mol. The molecule has 57 heavy (non-hydrogen) atoms. The van der Waals surface area contributed by atoms with Gasteiger partial charge in [-0.25, -0.2) is 9.97 Å². The molecule has 3 heterocycles. The molecule has 1 aliphatic carbocycles. The van der Waals surface area contributed by atoms with Crippen LogP contribution in [-0.4, -0.2) is 16.5 Å². The Balaban J connectivity index is 0.000000168. The Morgan fingerprint density at radius 3 is 2.35 bits per heavy atom. The van der Waals surface area contributed by atoms with Gasteiger partial charge in [-0.3, -0.25) is 0 Å². The van der Waals surface area contributed by atoms with E-state index < -0.39 is 0 Å². The molecule has 3 aliphatic rings. The highest BCUT2D eigenvalue weighted by atomic mass is 16.6. The van der Waals surface area contributed by atoms with Crippen molar-refractivity contribution >= 4 is 45.5 Å². The first-order valence-corrected chi connectivity index (χ1v) is 19.6. The van der Waals surface area contributed by atoms with Crippen LogP contribution in [-0.2, 0) is 0 Å². The summed E-state index contributed by atoms with van der Waals surface area (Å²) in [5.74, 6) is 3.71. The Morgan fingerprint density at radius 1 is 0.754 bits per heavy atom. The van der Waals surface area contributed by atoms with Crippen LogP contribution in [0.15, 0.2) is 170 Å². The Kier molecular flexibility index (Phi) is 12.5. The van der Waals surface area contributed by atoms with E-state index in [-0.39, 0.29) is 0 Å². The van der Waals surface area contributed by atoms with Crippen LogP contribution in [0.4, 0.5) is 5.69 Å². The second kappa shape index (κ2) is 18.6. The van der Waals surface area contributed by atoms with Crippen molar-refractivity contribution in [1.82, 2.24) is 9.97 Å². The van der Waals surface area contributed by atoms with Gasteiger partial charge in [0.05, 0.1) is 16.9 Å². The minimum absolute atomic E-state index is 0.693. The zero-order valence-electron chi connectivity index (χ0n) is 32.8. The third-order valence-electron chi connectivity index (χ3n) is 9.72. The maximum atomic E-state index is 6.24. The van der Waals surface area contributed by atoms with Gasteiger partial charge in [-0.1, -0.05) is 160 Å². The third kappa shape index (κ3) is 8.79. The summed E-state index contributed by atoms with van der Waals surface area (Å²) >= 11 is 0. The third-order valence-corrected chi connectivity index (χ3v) is 9.72. The fourth-order valence-electron chi connectivity index (χ4n) is 6.96. The highest BCUT2D eigenvalue weighted by molar-refractivity contribution is 5.93. The fraction of sp³-hybridized carbons (Fsp3) is 0.115. The van der Waals surface area contributed by atoms with E-state index >= 15 is 0 Å². The number of allylic oxidation sites excluding steroid dienone is 10. The minimum atomic E-state index is 0.693. The van der Waals surface area contributed by atoms with Gasteiger partial charge < -0.3 is 14.8 Å². The van der Waals surface area contributed by atoms with Gasteiger partial charge in [-0.2, -0.15) is 0 Å². The predicted octanol–water partition coefficient (Wildman–Crippen LogP) is 12.2. The zero-order chi connectivity index (χ0) is 39.4. The number of ether oxygens (including phenoxy) is 2. The zero-order valence-corrected chi connectivity index (χ0v) is 32.8. The average Bonchev–Trinajstić information content (AvgIpc) is 3.53. The molecule has 9 rings (SSSR count). The van der Waals surface area contributed by atoms with E-state index in [0.717, 1.165) is 86.9 Å². The topological polar surface area (TPSA) is 56.3 Å². The first-order chi connectivity index (χ1) is 28.2. The molecule has 0 radical (unpaired) electrons. The molecule has 5 heteroatoms. The maximum Gasteiger partial charge on any atom is 0.193 e. The fourth-order valence-corrected chi connectivity index (χ4v) is 6.96. The van der Waals surface area contributed by atoms with E-state index in [9.17, 15) is 0 Å². The van der Waals surface area contributed by atoms with Gasteiger partial charge in [0.25, 0.3) is 0 Å². The summed E-state index contributed by atoms with van der Waals surface area (Å²) in [6.45, 7) is 10.9. The van der Waals surface area contributed by atoms with E-state index in [4.69, 9.17) is 19.4 Å². The normalized spacial score (nSPS) is 15.5. The second-order valence-electron chi connectivity index (χ2n) is 13.3. The number of para-hydroxylation sites is 3. The Labute approximate surface area is 335 Å². The van der Waals surface area contributed by atoms with Crippen molar-refractivity contribution in [3.8, 4) is 23.0 Å². The molecule has 6 aromatic rings. The number of benzene rings is 5. The Bertz CT molecular complexity index is 2680. The molecule has 0 amide bonds. The number of nitrogens with one attached hydrogen (secondary N) is 1. The number of fused-ring (bicyclic) bond motifs is 6. The molecule has 0 spiro atoms. The summed E-state index contributed by atoms with van der Waals surface area (Å²) in [5, 5.41) is 7.17. The number of hydrogen-bond donors (Lipinski definition) is 1. The van der Waals surface area contributed by atoms with Crippen molar-refractivity contribution in [3.05, 3.63) is 204 Å². The molecule has 0 saturated carbocycles. The molecule has 5 nitrogen and oxygen atoms in total. The highest BCUT2D eigenvalue weighted by Crippen LogP contribution is 2.50. The lowest BCUT2D eigenvalue weighted by atomic mass is 10.0. The molecular formula is C52H47N3O2. The summed E-state index contributed by atoms with van der Waals surface area (Å²) in [6, 6.07) is 38.8. The van der Waals surface area contributed by atoms with Crippen molar-refractivity contribution in [3.63, 3.8) is 0 Å². The summed E-state index contributed by atoms with van der Waals surface area (Å²) in [7, 11) is 0. The predicted molar refractivity (Wildman–Crippen MR) is 240 cm³/mol. The van der Waals surface area contributed by atoms with Crippen LogP contribution in [0.2, 0.25) is 0 Å². The van der Waals surface area contributed by atoms with Gasteiger partial charge in [0.1, 0.15) is 0 Å². The summed E-state index contributed by atoms with van der Waals surface area (Å²) in [6.07, 6.45) is 22.5. The lowest BCUT2D eigenvalue weighted by Gasteiger charge is -2.25. The van der Waals surface area contributed by atoms with Crippen molar-refractivity contribution < 1.29 is 9.47 Å². The number of nitrogens with zero attached hydrogens (tertiary/aromatic N) is 2. The number of anilines is 1. The Hall–Kier alpha value is -6.98. The van der Waals surface area contributed by atoms with Gasteiger partial charge in [0.2, 0.25) is 0 Å². The van der Waals surface area contributed by atoms with Crippen LogP contribution in [0.5, 0.6) is 23.0 Å². The molecule has 1 aromatic heterocycles. The second-order valence-corrected chi connectivity index (χ2v) is 13.3. The van der Waals surface area contributed by atoms with Crippen molar-refractivity contribution in [2.24, 2.45) is 0 Å². The van der Waals surface area contributed by atoms with Crippen LogP contribution < -0.4 is 25.2 Å². The van der Waals surface area contributed by atoms with Crippen molar-refractivity contribution in [1.29, 1.82) is 0 Å². The summed E-state index contributed by atoms with van der Waals surface area (Å²) < 4.78 is 12.3. The molecule has 2 aliphatic heterocycles. The quantitative estimate of drug-likeness (QED) is 0.178. The van der Waals surface area contributed by atoms with Gasteiger partial charge in [-0.05, 0) is 88.9 Å². The number of hydrogen-bond acceptors (Lipinski definition) is 5. The molecule has 5 aromatic carbocycles. The van der Waals surface area contributed by atoms with E-state index in [2.05, 4.69) is 104 Å². The lowest BCUT2D eigenvalue weighted by molar-refractivity contribution is 0.361. The van der Waals surface area contributed by atoms with Gasteiger partial charge in [0.15, 0.2) is 28.8 Å². The molecule has 0 bridgehead atoms. The van der Waals surface area contributed by atoms with Crippen LogP contribution >= 0.6 is 0 Å². The van der Waals surface area contributed by atoms with Gasteiger partial charge >= 0.3 is 0 Å². The van der Waals surface area contributed by atoms with Gasteiger partial charge in [-0.15, -0.1) is 0 Å². The molecule has 1 N–H and O–H groups in total. The average molecular weight is 746 g/mol. The number of aromatic nitrogens is 2. The first-order valence-electron chi connectivity index (χ1n) is 19.6. The number of rotatable bonds is 5. The van der Waals surface area contributed by atoms with E-state index in [1.165, 1.54) is 16.0 Å². The van der Waals surface area contributed by atoms with Crippen LogP contribution in [0.25, 0.3) is 39.8 Å². The summed E-state index contributed by atoms with van der Waals surface area (Å²) in [4.78, 5) is 9.59. The standard InChI is InChI=1S/C27H22N2.C23H19NO2.C2H6/c1-2-21(22-13-8-5-9-14-22)17-12-20-26-28-25-19-11-10-18-24(25)27(29-26)23-15-6-3-4-7-16-23;1-15-17-9-3-2-7-16(17)8-6-14-24-22-18(15)12-13-21-23(22)26-20-11-5-4-10-19(20)25-21;1-2/h2-6,8-20H,1,7H2;2-5,7-13,24H,6,14H2,1H3;1-2H3/b20-12+,21-17+;16-8-,17-15+;. The Morgan fingerprint density at radius 2 is 1.51 bits per heavy atom. The van der Waals surface area contributed by atoms with Crippen LogP contribution in [0, 0.1) is 0 Å². The molecule has 0 fully saturated rings. The van der Waals surface area contributed by atoms with Crippen molar-refractivity contribution in [2.45, 2.75) is 33.6 Å². The minimum Gasteiger partial charge on any atom is -0.449 e. The SMILES string of the molecule is C/C1=c2/cccc/c2=C/CCNc2c1ccc1c2Oc2ccccc2O1.C=C/C(=C\C=C\c1nc(C2=CCC=CC=C2)c2ccccc2n1)c1ccccc1.CC. The van der Waals surface area contributed by atoms with E-state index in [1.54, 1.807) is 0 Å². The smallest absolute Gasteiger partial charge is 0.193 e. The van der Waals surface area contributed by atoms with Crippen LogP contribution in [0.3, 0.4) is 0 Å². The molecule has 0 atom stereocenters. The first kappa shape index (κ1) is 38.3. The maximum absolute atomic E-state index is 6.24. The highest BCUT2D eigenvalue weighted by Gasteiger charge is 2.24. The van der Waals surface area contributed by atoms with E-state index in [0.29, 0.717) is 5.82 Å². The molecular weight excluding hydrogens is 699 g/mol. The largest absolute Gasteiger partial charge is 0.449 e.